The number of benzene rings is 1. The fourth-order valence-corrected chi connectivity index (χ4v) is 2.03. The summed E-state index contributed by atoms with van der Waals surface area (Å²) < 4.78 is 0. The number of aliphatic hydroxyl groups excluding tert-OH is 1. The molecule has 0 aliphatic rings. The lowest BCUT2D eigenvalue weighted by Gasteiger charge is -2.09. The van der Waals surface area contributed by atoms with Crippen LogP contribution in [0.1, 0.15) is 35.8 Å². The van der Waals surface area contributed by atoms with Gasteiger partial charge in [0, 0.05) is 23.2 Å². The van der Waals surface area contributed by atoms with E-state index in [1.54, 1.807) is 6.07 Å². The second-order valence-corrected chi connectivity index (χ2v) is 4.97. The van der Waals surface area contributed by atoms with Gasteiger partial charge in [-0.3, -0.25) is 9.78 Å². The minimum absolute atomic E-state index is 0.115. The summed E-state index contributed by atoms with van der Waals surface area (Å²) in [5.74, 6) is -0.115. The van der Waals surface area contributed by atoms with Gasteiger partial charge in [0.15, 0.2) is 0 Å². The molecule has 0 saturated heterocycles. The van der Waals surface area contributed by atoms with Crippen LogP contribution in [0.4, 0.5) is 0 Å². The van der Waals surface area contributed by atoms with Crippen LogP contribution in [0.3, 0.4) is 0 Å². The van der Waals surface area contributed by atoms with E-state index in [1.807, 2.05) is 38.1 Å². The van der Waals surface area contributed by atoms with Gasteiger partial charge in [0.2, 0.25) is 0 Å². The molecule has 0 fully saturated rings. The van der Waals surface area contributed by atoms with Crippen molar-refractivity contribution in [2.45, 2.75) is 32.8 Å². The number of pyridine rings is 1. The fourth-order valence-electron chi connectivity index (χ4n) is 2.03. The van der Waals surface area contributed by atoms with Crippen molar-refractivity contribution in [2.75, 3.05) is 6.54 Å². The van der Waals surface area contributed by atoms with E-state index in [2.05, 4.69) is 10.3 Å². The normalized spacial score (nSPS) is 12.3. The van der Waals surface area contributed by atoms with Crippen molar-refractivity contribution in [1.82, 2.24) is 10.3 Å². The number of nitrogens with zero attached hydrogens (tertiary/aromatic N) is 1. The number of hydrogen-bond donors (Lipinski definition) is 2. The van der Waals surface area contributed by atoms with Crippen LogP contribution in [-0.2, 0) is 0 Å². The molecule has 1 unspecified atom stereocenters. The fraction of sp³-hybridized carbons (Fsp3) is 0.375. The molecule has 1 heterocycles. The molecule has 2 aromatic rings. The molecule has 0 bridgehead atoms. The minimum Gasteiger partial charge on any atom is -0.393 e. The molecule has 1 aromatic heterocycles. The van der Waals surface area contributed by atoms with Gasteiger partial charge in [-0.25, -0.2) is 0 Å². The number of carbonyl (C=O) groups excluding carboxylic acids is 1. The zero-order valence-corrected chi connectivity index (χ0v) is 11.9. The lowest BCUT2D eigenvalue weighted by Crippen LogP contribution is -2.26. The third-order valence-corrected chi connectivity index (χ3v) is 3.32. The lowest BCUT2D eigenvalue weighted by atomic mass is 10.1. The molecule has 2 N–H and O–H groups in total. The van der Waals surface area contributed by atoms with Crippen molar-refractivity contribution in [3.05, 3.63) is 41.6 Å². The Bertz CT molecular complexity index is 610. The topological polar surface area (TPSA) is 62.2 Å². The first-order chi connectivity index (χ1) is 9.60. The van der Waals surface area contributed by atoms with Crippen LogP contribution in [0.5, 0.6) is 0 Å². The maximum Gasteiger partial charge on any atom is 0.251 e. The molecule has 4 heteroatoms. The molecule has 0 aliphatic heterocycles. The van der Waals surface area contributed by atoms with E-state index in [4.69, 9.17) is 0 Å². The average Bonchev–Trinajstić information content (AvgIpc) is 2.46. The highest BCUT2D eigenvalue weighted by Crippen LogP contribution is 2.14. The second kappa shape index (κ2) is 6.48. The van der Waals surface area contributed by atoms with Crippen LogP contribution in [0.25, 0.3) is 10.9 Å². The predicted octanol–water partition coefficient (Wildman–Crippen LogP) is 2.43. The monoisotopic (exact) mass is 272 g/mol. The Labute approximate surface area is 118 Å². The number of amides is 1. The van der Waals surface area contributed by atoms with Gasteiger partial charge in [-0.15, -0.1) is 0 Å². The van der Waals surface area contributed by atoms with Crippen molar-refractivity contribution in [3.63, 3.8) is 0 Å². The van der Waals surface area contributed by atoms with Crippen LogP contribution in [-0.4, -0.2) is 28.6 Å². The summed E-state index contributed by atoms with van der Waals surface area (Å²) in [4.78, 5) is 16.4. The molecular weight excluding hydrogens is 252 g/mol. The van der Waals surface area contributed by atoms with Crippen LogP contribution in [0.2, 0.25) is 0 Å². The summed E-state index contributed by atoms with van der Waals surface area (Å²) in [6, 6.07) is 9.38. The molecule has 0 radical (unpaired) electrons. The van der Waals surface area contributed by atoms with Gasteiger partial charge < -0.3 is 10.4 Å². The number of nitrogens with one attached hydrogen (secondary N) is 1. The number of hydrogen-bond acceptors (Lipinski definition) is 3. The summed E-state index contributed by atoms with van der Waals surface area (Å²) in [5, 5.41) is 13.2. The Kier molecular flexibility index (Phi) is 4.69. The van der Waals surface area contributed by atoms with Gasteiger partial charge in [-0.1, -0.05) is 13.0 Å². The van der Waals surface area contributed by atoms with E-state index < -0.39 is 0 Å². The molecule has 106 valence electrons. The number of aliphatic hydroxyl groups is 1. The number of rotatable bonds is 5. The third kappa shape index (κ3) is 3.54. The van der Waals surface area contributed by atoms with Crippen LogP contribution < -0.4 is 5.32 Å². The van der Waals surface area contributed by atoms with Crippen LogP contribution >= 0.6 is 0 Å². The van der Waals surface area contributed by atoms with Crippen LogP contribution in [0.15, 0.2) is 30.3 Å². The van der Waals surface area contributed by atoms with Gasteiger partial charge in [0.25, 0.3) is 5.91 Å². The molecule has 20 heavy (non-hydrogen) atoms. The van der Waals surface area contributed by atoms with Crippen molar-refractivity contribution < 1.29 is 9.90 Å². The van der Waals surface area contributed by atoms with Gasteiger partial charge >= 0.3 is 0 Å². The lowest BCUT2D eigenvalue weighted by molar-refractivity contribution is 0.0942. The Morgan fingerprint density at radius 3 is 2.90 bits per heavy atom. The van der Waals surface area contributed by atoms with Gasteiger partial charge in [-0.05, 0) is 44.0 Å². The molecule has 1 amide bonds. The summed E-state index contributed by atoms with van der Waals surface area (Å²) in [7, 11) is 0. The predicted molar refractivity (Wildman–Crippen MR) is 79.7 cm³/mol. The number of aryl methyl sites for hydroxylation is 1. The third-order valence-electron chi connectivity index (χ3n) is 3.32. The van der Waals surface area contributed by atoms with Gasteiger partial charge in [0.05, 0.1) is 11.6 Å². The molecule has 0 aliphatic carbocycles. The first-order valence-electron chi connectivity index (χ1n) is 6.94. The van der Waals surface area contributed by atoms with Gasteiger partial charge in [-0.2, -0.15) is 0 Å². The standard InChI is InChI=1S/C16H20N2O2/c1-3-14(19)8-9-17-16(20)13-6-7-15-12(10-13)5-4-11(2)18-15/h4-7,10,14,19H,3,8-9H2,1-2H3,(H,17,20). The van der Waals surface area contributed by atoms with E-state index in [0.717, 1.165) is 16.6 Å². The Balaban J connectivity index is 2.05. The van der Waals surface area contributed by atoms with Crippen molar-refractivity contribution >= 4 is 16.8 Å². The van der Waals surface area contributed by atoms with E-state index in [1.165, 1.54) is 0 Å². The van der Waals surface area contributed by atoms with Crippen molar-refractivity contribution in [3.8, 4) is 0 Å². The molecule has 2 rings (SSSR count). The summed E-state index contributed by atoms with van der Waals surface area (Å²) >= 11 is 0. The van der Waals surface area contributed by atoms with Crippen molar-refractivity contribution in [2.24, 2.45) is 0 Å². The smallest absolute Gasteiger partial charge is 0.251 e. The molecule has 1 aromatic carbocycles. The number of aromatic nitrogens is 1. The quantitative estimate of drug-likeness (QED) is 0.878. The van der Waals surface area contributed by atoms with Gasteiger partial charge in [0.1, 0.15) is 0 Å². The maximum atomic E-state index is 12.0. The Hall–Kier alpha value is -1.94. The molecular formula is C16H20N2O2. The van der Waals surface area contributed by atoms with Crippen molar-refractivity contribution in [1.29, 1.82) is 0 Å². The van der Waals surface area contributed by atoms with E-state index in [0.29, 0.717) is 24.9 Å². The number of carbonyl (C=O) groups is 1. The van der Waals surface area contributed by atoms with E-state index in [-0.39, 0.29) is 12.0 Å². The zero-order valence-electron chi connectivity index (χ0n) is 11.9. The summed E-state index contributed by atoms with van der Waals surface area (Å²) in [6.45, 7) is 4.35. The first kappa shape index (κ1) is 14.5. The molecule has 0 saturated carbocycles. The zero-order chi connectivity index (χ0) is 14.5. The van der Waals surface area contributed by atoms with E-state index >= 15 is 0 Å². The maximum absolute atomic E-state index is 12.0. The van der Waals surface area contributed by atoms with Crippen LogP contribution in [0, 0.1) is 6.92 Å². The highest BCUT2D eigenvalue weighted by Gasteiger charge is 2.07. The average molecular weight is 272 g/mol. The highest BCUT2D eigenvalue weighted by molar-refractivity contribution is 5.97. The largest absolute Gasteiger partial charge is 0.393 e. The summed E-state index contributed by atoms with van der Waals surface area (Å²) in [6.07, 6.45) is 0.937. The minimum atomic E-state index is -0.348. The summed E-state index contributed by atoms with van der Waals surface area (Å²) in [5.41, 5.74) is 2.47. The Morgan fingerprint density at radius 1 is 1.35 bits per heavy atom. The van der Waals surface area contributed by atoms with E-state index in [9.17, 15) is 9.90 Å². The highest BCUT2D eigenvalue weighted by atomic mass is 16.3. The Morgan fingerprint density at radius 2 is 2.15 bits per heavy atom. The molecule has 4 nitrogen and oxygen atoms in total. The first-order valence-corrected chi connectivity index (χ1v) is 6.94. The molecule has 0 spiro atoms. The number of fused-ring (bicyclic) bond motifs is 1. The second-order valence-electron chi connectivity index (χ2n) is 4.97. The molecule has 1 atom stereocenters. The SMILES string of the molecule is CCC(O)CCNC(=O)c1ccc2nc(C)ccc2c1.